The van der Waals surface area contributed by atoms with Gasteiger partial charge >= 0.3 is 22.1 Å². The molecule has 0 N–H and O–H groups in total. The number of hydrogen-bond donors (Lipinski definition) is 0. The Balaban J connectivity index is -0.00000000167. The fourth-order valence-electron chi connectivity index (χ4n) is 0. The van der Waals surface area contributed by atoms with Gasteiger partial charge in [0.25, 0.3) is 0 Å². The minimum atomic E-state index is 0. The van der Waals surface area contributed by atoms with Gasteiger partial charge in [-0.15, -0.1) is 0 Å². The molecule has 0 amide bonds. The van der Waals surface area contributed by atoms with Crippen LogP contribution in [-0.2, 0) is 50.4 Å². The Labute approximate surface area is 73.0 Å². The van der Waals surface area contributed by atoms with E-state index in [2.05, 4.69) is 16.3 Å². The first kappa shape index (κ1) is 27.5. The van der Waals surface area contributed by atoms with Crippen LogP contribution in [0.2, 0.25) is 5.79 Å². The van der Waals surface area contributed by atoms with Crippen LogP contribution in [-0.4, -0.2) is 17.4 Å². The van der Waals surface area contributed by atoms with E-state index in [1.165, 1.54) is 0 Å². The minimum Gasteiger partial charge on any atom is 0 e. The zero-order chi connectivity index (χ0) is 2.00. The standard InChI is InChI=1S/CH3.Al.Cr.Fe.Mn.3H/h1H3;;;;;;;. The molecule has 0 bridgehead atoms. The molecule has 4 heteroatoms. The molecule has 0 saturated heterocycles. The van der Waals surface area contributed by atoms with Gasteiger partial charge in [0.05, 0.1) is 0 Å². The molecule has 0 atom stereocenters. The quantitative estimate of drug-likeness (QED) is 0.466. The Morgan fingerprint density at radius 3 is 1.20 bits per heavy atom. The van der Waals surface area contributed by atoms with Gasteiger partial charge in [0.1, 0.15) is 0 Å². The molecule has 0 saturated carbocycles. The Hall–Kier alpha value is 2.10. The van der Waals surface area contributed by atoms with Gasteiger partial charge in [-0.05, 0) is 0 Å². The fraction of sp³-hybridized carbons (Fsp3) is 1.00. The van der Waals surface area contributed by atoms with E-state index in [-0.39, 0.29) is 51.5 Å². The van der Waals surface area contributed by atoms with Gasteiger partial charge < -0.3 is 0 Å². The molecule has 0 aromatic heterocycles. The second-order valence-electron chi connectivity index (χ2n) is 0. The molecule has 0 aliphatic carbocycles. The van der Waals surface area contributed by atoms with Gasteiger partial charge in [-0.3, -0.25) is 0 Å². The average Bonchev–Trinajstić information content (AvgIpc) is 1.00. The third-order valence-electron chi connectivity index (χ3n) is 0. The van der Waals surface area contributed by atoms with Crippen molar-refractivity contribution in [2.45, 2.75) is 5.79 Å². The van der Waals surface area contributed by atoms with Crippen LogP contribution in [0.15, 0.2) is 0 Å². The van der Waals surface area contributed by atoms with Crippen molar-refractivity contribution in [2.75, 3.05) is 0 Å². The maximum Gasteiger partial charge on any atom is 0 e. The van der Waals surface area contributed by atoms with Gasteiger partial charge in [-0.25, -0.2) is 0 Å². The van der Waals surface area contributed by atoms with E-state index in [1.54, 1.807) is 0 Å². The Bertz CT molecular complexity index is 11.6. The van der Waals surface area contributed by atoms with Crippen molar-refractivity contribution >= 4 is 17.4 Å². The zero-order valence-corrected chi connectivity index (χ0v) is 5.70. The SMILES string of the molecule is [AlH3].[CH3][Cr].[Fe].[Mn]. The van der Waals surface area contributed by atoms with Gasteiger partial charge in [0.15, 0.2) is 17.4 Å². The smallest absolute Gasteiger partial charge is 0 e. The molecule has 0 aliphatic heterocycles. The molecular formula is CH6AlCrFeMn. The fourth-order valence-corrected chi connectivity index (χ4v) is 0. The van der Waals surface area contributed by atoms with Crippen molar-refractivity contribution in [1.29, 1.82) is 0 Å². The van der Waals surface area contributed by atoms with E-state index >= 15 is 0 Å². The molecule has 0 nitrogen and oxygen atoms in total. The molecular weight excluding hydrogens is 202 g/mol. The average molecular weight is 208 g/mol. The molecule has 5 heavy (non-hydrogen) atoms. The monoisotopic (exact) mass is 208 g/mol. The largest absolute Gasteiger partial charge is 0 e. The summed E-state index contributed by atoms with van der Waals surface area (Å²) in [5, 5.41) is 0. The summed E-state index contributed by atoms with van der Waals surface area (Å²) >= 11 is 2.62. The van der Waals surface area contributed by atoms with Crippen molar-refractivity contribution in [3.8, 4) is 0 Å². The second kappa shape index (κ2) is 35.9. The van der Waals surface area contributed by atoms with E-state index in [9.17, 15) is 0 Å². The summed E-state index contributed by atoms with van der Waals surface area (Å²) in [6, 6.07) is 0. The van der Waals surface area contributed by atoms with Crippen LogP contribution in [0.5, 0.6) is 0 Å². The molecule has 0 aromatic carbocycles. The first-order valence-electron chi connectivity index (χ1n) is 0.408. The summed E-state index contributed by atoms with van der Waals surface area (Å²) in [7, 11) is 0. The molecule has 0 rings (SSSR count). The van der Waals surface area contributed by atoms with Gasteiger partial charge in [0.2, 0.25) is 0 Å². The van der Waals surface area contributed by atoms with E-state index in [0.717, 1.165) is 0 Å². The normalized spacial score (nSPS) is 1.00. The first-order chi connectivity index (χ1) is 1.00. The third-order valence-corrected chi connectivity index (χ3v) is 0. The summed E-state index contributed by atoms with van der Waals surface area (Å²) in [5.74, 6) is 1.88. The van der Waals surface area contributed by atoms with Crippen molar-refractivity contribution < 1.29 is 50.4 Å². The van der Waals surface area contributed by atoms with E-state index < -0.39 is 0 Å². The summed E-state index contributed by atoms with van der Waals surface area (Å²) in [5.41, 5.74) is 0. The van der Waals surface area contributed by atoms with Gasteiger partial charge in [-0.1, -0.05) is 0 Å². The summed E-state index contributed by atoms with van der Waals surface area (Å²) in [4.78, 5) is 0. The molecule has 0 aromatic rings. The predicted molar refractivity (Wildman–Crippen MR) is 15.8 cm³/mol. The topological polar surface area (TPSA) is 0 Å². The van der Waals surface area contributed by atoms with Crippen LogP contribution in [0.1, 0.15) is 0 Å². The Morgan fingerprint density at radius 2 is 1.20 bits per heavy atom. The number of rotatable bonds is 0. The van der Waals surface area contributed by atoms with Crippen molar-refractivity contribution in [1.82, 2.24) is 0 Å². The van der Waals surface area contributed by atoms with Crippen molar-refractivity contribution in [3.05, 3.63) is 0 Å². The molecule has 34 valence electrons. The molecule has 0 heterocycles. The third kappa shape index (κ3) is 23.2. The Morgan fingerprint density at radius 1 is 1.20 bits per heavy atom. The van der Waals surface area contributed by atoms with Crippen molar-refractivity contribution in [2.24, 2.45) is 0 Å². The number of hydrogen-bond acceptors (Lipinski definition) is 0. The van der Waals surface area contributed by atoms with E-state index in [1.807, 2.05) is 5.79 Å². The zero-order valence-electron chi connectivity index (χ0n) is 2.14. The summed E-state index contributed by atoms with van der Waals surface area (Å²) < 4.78 is 0. The molecule has 0 fully saturated rings. The van der Waals surface area contributed by atoms with Crippen LogP contribution < -0.4 is 0 Å². The maximum atomic E-state index is 2.62. The van der Waals surface area contributed by atoms with Crippen LogP contribution in [0.25, 0.3) is 0 Å². The van der Waals surface area contributed by atoms with Crippen LogP contribution in [0, 0.1) is 0 Å². The van der Waals surface area contributed by atoms with Gasteiger partial charge in [-0.2, -0.15) is 0 Å². The molecule has 0 aliphatic rings. The first-order valence-corrected chi connectivity index (χ1v) is 1.68. The van der Waals surface area contributed by atoms with Gasteiger partial charge in [0, 0.05) is 34.1 Å². The van der Waals surface area contributed by atoms with E-state index in [4.69, 9.17) is 0 Å². The summed E-state index contributed by atoms with van der Waals surface area (Å²) in [6.07, 6.45) is 0. The summed E-state index contributed by atoms with van der Waals surface area (Å²) in [6.45, 7) is 0. The van der Waals surface area contributed by atoms with Crippen molar-refractivity contribution in [3.63, 3.8) is 0 Å². The predicted octanol–water partition coefficient (Wildman–Crippen LogP) is -0.608. The molecule has 0 unspecified atom stereocenters. The molecule has 1 radical (unpaired) electrons. The van der Waals surface area contributed by atoms with Crippen LogP contribution in [0.3, 0.4) is 0 Å². The molecule has 0 spiro atoms. The maximum absolute atomic E-state index is 2.62. The second-order valence-corrected chi connectivity index (χ2v) is 0. The Kier molecular flexibility index (Phi) is 197. The van der Waals surface area contributed by atoms with Crippen LogP contribution >= 0.6 is 0 Å². The van der Waals surface area contributed by atoms with E-state index in [0.29, 0.717) is 0 Å². The minimum absolute atomic E-state index is 0. The van der Waals surface area contributed by atoms with Crippen LogP contribution in [0.4, 0.5) is 0 Å².